The molecule has 0 aliphatic heterocycles. The van der Waals surface area contributed by atoms with Crippen molar-refractivity contribution in [3.8, 4) is 0 Å². The maximum absolute atomic E-state index is 2.90. The second kappa shape index (κ2) is 4.92. The van der Waals surface area contributed by atoms with Crippen molar-refractivity contribution in [2.45, 2.75) is 0 Å². The summed E-state index contributed by atoms with van der Waals surface area (Å²) >= 11 is 2.90. The molecule has 0 unspecified atom stereocenters. The number of aryl methyl sites for hydroxylation is 1. The minimum absolute atomic E-state index is 1.25. The van der Waals surface area contributed by atoms with Gasteiger partial charge >= 0.3 is 16.5 Å². The molecule has 2 aromatic heterocycles. The molecule has 2 heterocycles. The molecule has 6 aromatic rings. The van der Waals surface area contributed by atoms with Crippen LogP contribution in [-0.4, -0.2) is 24.6 Å². The molecule has 0 saturated carbocycles. The summed E-state index contributed by atoms with van der Waals surface area (Å²) in [6, 6.07) is 26.4. The quantitative estimate of drug-likeness (QED) is 0.320. The Bertz CT molecular complexity index is 1500. The van der Waals surface area contributed by atoms with Gasteiger partial charge in [0.1, 0.15) is 0 Å². The lowest BCUT2D eigenvalue weighted by atomic mass is 10.0. The van der Waals surface area contributed by atoms with Crippen LogP contribution in [0.1, 0.15) is 0 Å². The van der Waals surface area contributed by atoms with Crippen molar-refractivity contribution >= 4 is 70.9 Å². The zero-order valence-electron chi connectivity index (χ0n) is 14.4. The lowest BCUT2D eigenvalue weighted by Gasteiger charge is -2.02. The summed E-state index contributed by atoms with van der Waals surface area (Å²) in [4.78, 5) is 0. The number of benzene rings is 4. The third-order valence-corrected chi connectivity index (χ3v) is 6.27. The Balaban J connectivity index is 1.98. The smallest absolute Gasteiger partial charge is 0.318 e. The van der Waals surface area contributed by atoms with Crippen molar-refractivity contribution in [2.24, 2.45) is 7.05 Å². The van der Waals surface area contributed by atoms with Gasteiger partial charge in [0.2, 0.25) is 0 Å². The van der Waals surface area contributed by atoms with E-state index in [1.54, 1.807) is 0 Å². The van der Waals surface area contributed by atoms with E-state index in [4.69, 9.17) is 0 Å². The van der Waals surface area contributed by atoms with Gasteiger partial charge in [0.15, 0.2) is 0 Å². The van der Waals surface area contributed by atoms with E-state index >= 15 is 0 Å². The zero-order chi connectivity index (χ0) is 17.4. The van der Waals surface area contributed by atoms with Gasteiger partial charge in [-0.2, -0.15) is 0 Å². The van der Waals surface area contributed by atoms with E-state index in [9.17, 15) is 0 Å². The fraction of sp³-hybridized carbons (Fsp3) is 0.0435. The van der Waals surface area contributed by atoms with Crippen molar-refractivity contribution in [2.75, 3.05) is 0 Å². The van der Waals surface area contributed by atoms with E-state index in [-0.39, 0.29) is 0 Å². The summed E-state index contributed by atoms with van der Waals surface area (Å²) in [7, 11) is 2.16. The Labute approximate surface area is 158 Å². The fourth-order valence-electron chi connectivity index (χ4n) is 4.47. The van der Waals surface area contributed by atoms with Gasteiger partial charge in [-0.3, -0.25) is 0 Å². The first-order chi connectivity index (χ1) is 12.7. The van der Waals surface area contributed by atoms with Gasteiger partial charge in [-0.1, -0.05) is 42.5 Å². The highest BCUT2D eigenvalue weighted by molar-refractivity contribution is 6.32. The third kappa shape index (κ3) is 1.67. The van der Waals surface area contributed by atoms with Crippen LogP contribution < -0.4 is 0 Å². The minimum atomic E-state index is 1.25. The van der Waals surface area contributed by atoms with Crippen LogP contribution in [0.2, 0.25) is 0 Å². The molecule has 0 saturated heterocycles. The molecule has 4 aromatic carbocycles. The van der Waals surface area contributed by atoms with Crippen LogP contribution >= 0.6 is 0 Å². The first-order valence-electron chi connectivity index (χ1n) is 8.82. The van der Waals surface area contributed by atoms with E-state index in [1.807, 2.05) is 0 Å². The van der Waals surface area contributed by atoms with Crippen LogP contribution in [0, 0.1) is 0 Å². The highest BCUT2D eigenvalue weighted by atomic mass is 27.1. The van der Waals surface area contributed by atoms with E-state index in [2.05, 4.69) is 104 Å². The number of nitrogens with zero attached hydrogens (tertiary/aromatic N) is 2. The number of rotatable bonds is 0. The highest BCUT2D eigenvalue weighted by Crippen LogP contribution is 2.40. The second-order valence-corrected chi connectivity index (χ2v) is 7.53. The monoisotopic (exact) mass is 346 g/mol. The molecule has 0 atom stereocenters. The maximum Gasteiger partial charge on any atom is 0.318 e. The molecule has 3 heteroatoms. The third-order valence-electron chi connectivity index (χ3n) is 5.71. The van der Waals surface area contributed by atoms with Gasteiger partial charge < -0.3 is 8.12 Å². The standard InChI is InChI=1S/C23H15N2.Al/c1-25-20-9-5-4-8-16(20)23-21(25)11-10-18-22(23)17-12-14-6-2-3-7-15(14)13-19(17)24-18;/h2-13H,1H3;/q-1;+1. The number of para-hydroxylation sites is 1. The van der Waals surface area contributed by atoms with E-state index in [0.29, 0.717) is 0 Å². The first kappa shape index (κ1) is 14.4. The molecule has 6 rings (SSSR count). The van der Waals surface area contributed by atoms with Crippen molar-refractivity contribution in [3.05, 3.63) is 72.8 Å². The molecule has 0 aliphatic carbocycles. The lowest BCUT2D eigenvalue weighted by molar-refractivity contribution is 1.01. The molecule has 2 nitrogen and oxygen atoms in total. The van der Waals surface area contributed by atoms with Crippen molar-refractivity contribution in [1.82, 2.24) is 8.12 Å². The van der Waals surface area contributed by atoms with Crippen molar-refractivity contribution < 1.29 is 0 Å². The van der Waals surface area contributed by atoms with Crippen LogP contribution in [0.15, 0.2) is 72.8 Å². The largest absolute Gasteiger partial charge is 0.452 e. The Morgan fingerprint density at radius 2 is 1.27 bits per heavy atom. The van der Waals surface area contributed by atoms with Gasteiger partial charge in [-0.15, -0.1) is 0 Å². The average Bonchev–Trinajstić information content (AvgIpc) is 3.13. The second-order valence-electron chi connectivity index (χ2n) is 7.02. The lowest BCUT2D eigenvalue weighted by Crippen LogP contribution is -1.90. The summed E-state index contributed by atoms with van der Waals surface area (Å²) in [5, 5.41) is 7.89. The molecular weight excluding hydrogens is 331 g/mol. The molecule has 0 bridgehead atoms. The number of hydrogen-bond donors (Lipinski definition) is 0. The average molecular weight is 346 g/mol. The number of fused-ring (bicyclic) bond motifs is 8. The summed E-state index contributed by atoms with van der Waals surface area (Å²) in [5.74, 6) is 0. The van der Waals surface area contributed by atoms with E-state index in [1.165, 1.54) is 54.4 Å². The normalized spacial score (nSPS) is 12.2. The molecule has 0 spiro atoms. The van der Waals surface area contributed by atoms with Crippen LogP contribution in [0.4, 0.5) is 0 Å². The molecular formula is C23H15AlN2. The number of hydrogen-bond acceptors (Lipinski definition) is 0. The van der Waals surface area contributed by atoms with Crippen LogP contribution in [0.5, 0.6) is 0 Å². The van der Waals surface area contributed by atoms with E-state index < -0.39 is 0 Å². The Morgan fingerprint density at radius 1 is 0.615 bits per heavy atom. The highest BCUT2D eigenvalue weighted by Gasteiger charge is 2.16. The predicted molar refractivity (Wildman–Crippen MR) is 112 cm³/mol. The van der Waals surface area contributed by atoms with Gasteiger partial charge in [-0.05, 0) is 41.1 Å². The Hall–Kier alpha value is -2.73. The Morgan fingerprint density at radius 3 is 2.12 bits per heavy atom. The molecule has 0 amide bonds. The van der Waals surface area contributed by atoms with Crippen molar-refractivity contribution in [3.63, 3.8) is 0 Å². The molecule has 26 heavy (non-hydrogen) atoms. The van der Waals surface area contributed by atoms with Gasteiger partial charge in [0.05, 0.1) is 0 Å². The van der Waals surface area contributed by atoms with Gasteiger partial charge in [0.25, 0.3) is 0 Å². The summed E-state index contributed by atoms with van der Waals surface area (Å²) in [5.41, 5.74) is 5.07. The molecule has 0 fully saturated rings. The molecule has 0 N–H and O–H groups in total. The zero-order valence-corrected chi connectivity index (χ0v) is 15.6. The summed E-state index contributed by atoms with van der Waals surface area (Å²) < 4.78 is 4.55. The minimum Gasteiger partial charge on any atom is -0.452 e. The summed E-state index contributed by atoms with van der Waals surface area (Å²) in [6.45, 7) is 0. The number of aromatic nitrogens is 2. The van der Waals surface area contributed by atoms with Crippen molar-refractivity contribution in [1.29, 1.82) is 0 Å². The summed E-state index contributed by atoms with van der Waals surface area (Å²) in [6.07, 6.45) is 0. The Kier molecular flexibility index (Phi) is 2.73. The van der Waals surface area contributed by atoms with Crippen LogP contribution in [-0.2, 0) is 7.05 Å². The maximum atomic E-state index is 2.90. The van der Waals surface area contributed by atoms with Crippen LogP contribution in [0.3, 0.4) is 0 Å². The molecule has 120 valence electrons. The predicted octanol–water partition coefficient (Wildman–Crippen LogP) is 5.52. The van der Waals surface area contributed by atoms with E-state index in [0.717, 1.165) is 0 Å². The first-order valence-corrected chi connectivity index (χ1v) is 9.34. The fourth-order valence-corrected chi connectivity index (χ4v) is 4.90. The molecule has 2 radical (unpaired) electrons. The van der Waals surface area contributed by atoms with Gasteiger partial charge in [0, 0.05) is 50.7 Å². The topological polar surface area (TPSA) is 9.86 Å². The van der Waals surface area contributed by atoms with Crippen LogP contribution in [0.25, 0.3) is 54.4 Å². The molecule has 0 aliphatic rings. The SMILES string of the molecule is Cn1c2ccccc2c2c3c4cc5ccccc5cc4[n]([Al])c3ccc21. The van der Waals surface area contributed by atoms with Gasteiger partial charge in [-0.25, -0.2) is 0 Å².